The molecular weight excluding hydrogens is 389 g/mol. The molecule has 0 fully saturated rings. The van der Waals surface area contributed by atoms with Gasteiger partial charge < -0.3 is 0 Å². The van der Waals surface area contributed by atoms with E-state index in [1.165, 1.54) is 12.3 Å². The molecule has 0 saturated carbocycles. The largest absolute Gasteiger partial charge is 0.280 e. The summed E-state index contributed by atoms with van der Waals surface area (Å²) in [7, 11) is 0. The van der Waals surface area contributed by atoms with E-state index in [-0.39, 0.29) is 5.91 Å². The Morgan fingerprint density at radius 1 is 0.806 bits per heavy atom. The third-order valence-electron chi connectivity index (χ3n) is 5.84. The Labute approximate surface area is 180 Å². The Hall–Kier alpha value is -3.86. The summed E-state index contributed by atoms with van der Waals surface area (Å²) in [6.07, 6.45) is 5.77. The van der Waals surface area contributed by atoms with E-state index in [1.54, 1.807) is 23.4 Å². The Kier molecular flexibility index (Phi) is 4.79. The fourth-order valence-electron chi connectivity index (χ4n) is 4.50. The molecule has 0 radical (unpaired) electrons. The van der Waals surface area contributed by atoms with Crippen molar-refractivity contribution in [1.82, 2.24) is 9.97 Å². The zero-order chi connectivity index (χ0) is 21.3. The molecule has 2 aromatic carbocycles. The second-order valence-electron chi connectivity index (χ2n) is 7.77. The van der Waals surface area contributed by atoms with Crippen LogP contribution in [0.5, 0.6) is 0 Å². The van der Waals surface area contributed by atoms with Crippen LogP contribution >= 0.6 is 0 Å². The van der Waals surface area contributed by atoms with Crippen molar-refractivity contribution < 1.29 is 9.18 Å². The van der Waals surface area contributed by atoms with Gasteiger partial charge in [-0.25, -0.2) is 4.98 Å². The second-order valence-corrected chi connectivity index (χ2v) is 7.77. The van der Waals surface area contributed by atoms with Crippen molar-refractivity contribution in [2.24, 2.45) is 0 Å². The van der Waals surface area contributed by atoms with Gasteiger partial charge in [0.25, 0.3) is 0 Å². The number of hydrogen-bond acceptors (Lipinski definition) is 3. The fourth-order valence-corrected chi connectivity index (χ4v) is 4.50. The SMILES string of the molecule is O=C1N(c2ccccc2)c2ccccc2C1(Cc1ccncc1)Cc1ccnc(F)c1. The highest BCUT2D eigenvalue weighted by Crippen LogP contribution is 2.48. The number of carbonyl (C=O) groups excluding carboxylic acids is 1. The van der Waals surface area contributed by atoms with Gasteiger partial charge in [0.1, 0.15) is 0 Å². The van der Waals surface area contributed by atoms with Crippen LogP contribution in [0, 0.1) is 5.95 Å². The molecule has 1 atom stereocenters. The molecule has 0 spiro atoms. The van der Waals surface area contributed by atoms with Crippen LogP contribution < -0.4 is 4.90 Å². The average Bonchev–Trinajstić information content (AvgIpc) is 3.03. The summed E-state index contributed by atoms with van der Waals surface area (Å²) in [6.45, 7) is 0. The number of aromatic nitrogens is 2. The topological polar surface area (TPSA) is 46.1 Å². The van der Waals surface area contributed by atoms with E-state index in [9.17, 15) is 9.18 Å². The molecule has 0 aliphatic carbocycles. The van der Waals surface area contributed by atoms with Crippen molar-refractivity contribution in [2.45, 2.75) is 18.3 Å². The first-order valence-electron chi connectivity index (χ1n) is 10.2. The zero-order valence-electron chi connectivity index (χ0n) is 16.8. The maximum absolute atomic E-state index is 14.2. The summed E-state index contributed by atoms with van der Waals surface area (Å²) in [5, 5.41) is 0. The Morgan fingerprint density at radius 3 is 2.26 bits per heavy atom. The first kappa shape index (κ1) is 19.1. The normalized spacial score (nSPS) is 17.6. The lowest BCUT2D eigenvalue weighted by Crippen LogP contribution is -2.42. The average molecular weight is 409 g/mol. The van der Waals surface area contributed by atoms with Gasteiger partial charge in [-0.05, 0) is 72.0 Å². The molecule has 5 rings (SSSR count). The monoisotopic (exact) mass is 409 g/mol. The summed E-state index contributed by atoms with van der Waals surface area (Å²) in [5.41, 5.74) is 3.49. The lowest BCUT2D eigenvalue weighted by molar-refractivity contribution is -0.122. The quantitative estimate of drug-likeness (QED) is 0.435. The molecule has 5 heteroatoms. The van der Waals surface area contributed by atoms with Crippen LogP contribution in [-0.4, -0.2) is 15.9 Å². The first-order valence-corrected chi connectivity index (χ1v) is 10.2. The minimum atomic E-state index is -0.873. The number of para-hydroxylation sites is 2. The predicted molar refractivity (Wildman–Crippen MR) is 118 cm³/mol. The van der Waals surface area contributed by atoms with Crippen molar-refractivity contribution in [3.8, 4) is 0 Å². The molecule has 31 heavy (non-hydrogen) atoms. The van der Waals surface area contributed by atoms with Crippen molar-refractivity contribution in [1.29, 1.82) is 0 Å². The van der Waals surface area contributed by atoms with Crippen LogP contribution in [0.4, 0.5) is 15.8 Å². The second kappa shape index (κ2) is 7.76. The van der Waals surface area contributed by atoms with E-state index in [0.717, 1.165) is 28.1 Å². The minimum absolute atomic E-state index is 0.0195. The molecule has 0 bridgehead atoms. The van der Waals surface area contributed by atoms with Crippen LogP contribution in [0.25, 0.3) is 0 Å². The van der Waals surface area contributed by atoms with Gasteiger partial charge in [0.2, 0.25) is 11.9 Å². The number of benzene rings is 2. The highest BCUT2D eigenvalue weighted by molar-refractivity contribution is 6.13. The maximum atomic E-state index is 14.2. The maximum Gasteiger partial charge on any atom is 0.242 e. The Bertz CT molecular complexity index is 1230. The van der Waals surface area contributed by atoms with Crippen LogP contribution in [0.15, 0.2) is 97.5 Å². The summed E-state index contributed by atoms with van der Waals surface area (Å²) >= 11 is 0. The van der Waals surface area contributed by atoms with E-state index in [2.05, 4.69) is 9.97 Å². The molecule has 0 saturated heterocycles. The molecule has 2 aromatic heterocycles. The number of nitrogens with zero attached hydrogens (tertiary/aromatic N) is 3. The van der Waals surface area contributed by atoms with Crippen molar-refractivity contribution in [3.05, 3.63) is 120 Å². The van der Waals surface area contributed by atoms with Crippen molar-refractivity contribution in [2.75, 3.05) is 4.90 Å². The third kappa shape index (κ3) is 3.38. The van der Waals surface area contributed by atoms with Gasteiger partial charge in [-0.15, -0.1) is 0 Å². The molecule has 1 unspecified atom stereocenters. The van der Waals surface area contributed by atoms with Crippen LogP contribution in [0.3, 0.4) is 0 Å². The lowest BCUT2D eigenvalue weighted by atomic mass is 9.72. The number of halogens is 1. The molecule has 1 aliphatic heterocycles. The highest BCUT2D eigenvalue weighted by Gasteiger charge is 2.51. The van der Waals surface area contributed by atoms with Crippen molar-refractivity contribution in [3.63, 3.8) is 0 Å². The van der Waals surface area contributed by atoms with E-state index in [4.69, 9.17) is 0 Å². The third-order valence-corrected chi connectivity index (χ3v) is 5.84. The molecule has 152 valence electrons. The molecule has 1 amide bonds. The molecule has 3 heterocycles. The van der Waals surface area contributed by atoms with Gasteiger partial charge in [0, 0.05) is 24.3 Å². The smallest absolute Gasteiger partial charge is 0.242 e. The standard InChI is InChI=1S/C26H20FN3O/c27-24-16-20(12-15-29-24)18-26(17-19-10-13-28-14-11-19)22-8-4-5-9-23(22)30(25(26)31)21-6-2-1-3-7-21/h1-16H,17-18H2. The van der Waals surface area contributed by atoms with E-state index in [1.807, 2.05) is 66.7 Å². The van der Waals surface area contributed by atoms with Crippen LogP contribution in [0.2, 0.25) is 0 Å². The number of hydrogen-bond donors (Lipinski definition) is 0. The van der Waals surface area contributed by atoms with Gasteiger partial charge in [0.15, 0.2) is 0 Å². The van der Waals surface area contributed by atoms with Crippen LogP contribution in [-0.2, 0) is 23.1 Å². The number of pyridine rings is 2. The van der Waals surface area contributed by atoms with Crippen molar-refractivity contribution >= 4 is 17.3 Å². The molecule has 4 nitrogen and oxygen atoms in total. The summed E-state index contributed by atoms with van der Waals surface area (Å²) in [5.74, 6) is -0.566. The van der Waals surface area contributed by atoms with E-state index in [0.29, 0.717) is 12.8 Å². The fraction of sp³-hybridized carbons (Fsp3) is 0.115. The zero-order valence-corrected chi connectivity index (χ0v) is 16.8. The van der Waals surface area contributed by atoms with Gasteiger partial charge in [-0.1, -0.05) is 36.4 Å². The van der Waals surface area contributed by atoms with Gasteiger partial charge >= 0.3 is 0 Å². The van der Waals surface area contributed by atoms with Gasteiger partial charge in [-0.2, -0.15) is 4.39 Å². The van der Waals surface area contributed by atoms with E-state index >= 15 is 0 Å². The first-order chi connectivity index (χ1) is 15.2. The number of fused-ring (bicyclic) bond motifs is 1. The highest BCUT2D eigenvalue weighted by atomic mass is 19.1. The molecule has 4 aromatic rings. The lowest BCUT2D eigenvalue weighted by Gasteiger charge is -2.29. The summed E-state index contributed by atoms with van der Waals surface area (Å²) < 4.78 is 13.9. The predicted octanol–water partition coefficient (Wildman–Crippen LogP) is 5.02. The minimum Gasteiger partial charge on any atom is -0.280 e. The molecule has 0 N–H and O–H groups in total. The number of amides is 1. The van der Waals surface area contributed by atoms with Gasteiger partial charge in [0.05, 0.1) is 11.1 Å². The summed E-state index contributed by atoms with van der Waals surface area (Å²) in [4.78, 5) is 23.8. The molecule has 1 aliphatic rings. The number of anilines is 2. The molecular formula is C26H20FN3O. The van der Waals surface area contributed by atoms with Crippen LogP contribution in [0.1, 0.15) is 16.7 Å². The van der Waals surface area contributed by atoms with E-state index < -0.39 is 11.4 Å². The number of carbonyl (C=O) groups is 1. The Morgan fingerprint density at radius 2 is 1.48 bits per heavy atom. The number of rotatable bonds is 5. The summed E-state index contributed by atoms with van der Waals surface area (Å²) in [6, 6.07) is 24.6. The Balaban J connectivity index is 1.70. The van der Waals surface area contributed by atoms with Gasteiger partial charge in [-0.3, -0.25) is 14.7 Å².